The molecule has 2 aliphatic heterocycles. The number of halogens is 3. The predicted octanol–water partition coefficient (Wildman–Crippen LogP) is 4.31. The summed E-state index contributed by atoms with van der Waals surface area (Å²) in [6.07, 6.45) is -0.294. The fourth-order valence-electron chi connectivity index (χ4n) is 8.99. The summed E-state index contributed by atoms with van der Waals surface area (Å²) >= 11 is 0. The molecule has 0 aromatic carbocycles. The van der Waals surface area contributed by atoms with Gasteiger partial charge < -0.3 is 0 Å². The van der Waals surface area contributed by atoms with E-state index < -0.39 is 21.9 Å². The summed E-state index contributed by atoms with van der Waals surface area (Å²) in [5.74, 6) is 1.79. The van der Waals surface area contributed by atoms with E-state index in [4.69, 9.17) is 5.10 Å². The van der Waals surface area contributed by atoms with Crippen molar-refractivity contribution in [3.63, 3.8) is 0 Å². The summed E-state index contributed by atoms with van der Waals surface area (Å²) < 4.78 is 65.2. The molecule has 5 atom stereocenters. The second kappa shape index (κ2) is 6.61. The van der Waals surface area contributed by atoms with E-state index in [0.29, 0.717) is 42.2 Å². The van der Waals surface area contributed by atoms with Gasteiger partial charge in [0.05, 0.1) is 23.1 Å². The number of sulfone groups is 1. The Bertz CT molecular complexity index is 1120. The van der Waals surface area contributed by atoms with E-state index in [0.717, 1.165) is 31.1 Å². The van der Waals surface area contributed by atoms with Crippen molar-refractivity contribution in [3.8, 4) is 0 Å². The summed E-state index contributed by atoms with van der Waals surface area (Å²) in [6, 6.07) is 3.05. The van der Waals surface area contributed by atoms with Crippen LogP contribution in [0.3, 0.4) is 0 Å². The molecule has 0 N–H and O–H groups in total. The van der Waals surface area contributed by atoms with Gasteiger partial charge in [-0.3, -0.25) is 9.58 Å². The molecule has 1 unspecified atom stereocenters. The van der Waals surface area contributed by atoms with Crippen molar-refractivity contribution < 1.29 is 21.6 Å². The van der Waals surface area contributed by atoms with Crippen LogP contribution in [-0.4, -0.2) is 59.9 Å². The third-order valence-electron chi connectivity index (χ3n) is 10.5. The van der Waals surface area contributed by atoms with Gasteiger partial charge in [-0.2, -0.15) is 18.3 Å². The van der Waals surface area contributed by atoms with Crippen LogP contribution < -0.4 is 0 Å². The molecular formula is C25H34F3N3O2S. The van der Waals surface area contributed by atoms with Crippen LogP contribution in [0.25, 0.3) is 0 Å². The Morgan fingerprint density at radius 1 is 1.12 bits per heavy atom. The molecule has 5 aliphatic carbocycles. The van der Waals surface area contributed by atoms with Gasteiger partial charge in [0.1, 0.15) is 0 Å². The Morgan fingerprint density at radius 3 is 2.41 bits per heavy atom. The first-order valence-electron chi connectivity index (χ1n) is 13.1. The van der Waals surface area contributed by atoms with Crippen molar-refractivity contribution in [3.05, 3.63) is 17.5 Å². The summed E-state index contributed by atoms with van der Waals surface area (Å²) in [6.45, 7) is 6.25. The number of aromatic nitrogens is 2. The van der Waals surface area contributed by atoms with Crippen molar-refractivity contribution >= 4 is 9.84 Å². The first kappa shape index (κ1) is 22.1. The van der Waals surface area contributed by atoms with Gasteiger partial charge in [0.15, 0.2) is 9.84 Å². The molecule has 7 aliphatic rings. The van der Waals surface area contributed by atoms with Gasteiger partial charge >= 0.3 is 6.18 Å². The molecule has 2 saturated heterocycles. The predicted molar refractivity (Wildman–Crippen MR) is 121 cm³/mol. The van der Waals surface area contributed by atoms with Crippen molar-refractivity contribution in [1.29, 1.82) is 0 Å². The lowest BCUT2D eigenvalue weighted by Gasteiger charge is -2.38. The highest BCUT2D eigenvalue weighted by Gasteiger charge is 2.93. The second-order valence-corrected chi connectivity index (χ2v) is 14.8. The Balaban J connectivity index is 1.09. The van der Waals surface area contributed by atoms with Crippen LogP contribution >= 0.6 is 0 Å². The minimum atomic E-state index is -4.08. The molecule has 0 amide bonds. The topological polar surface area (TPSA) is 55.2 Å². The largest absolute Gasteiger partial charge is 0.391 e. The third-order valence-corrected chi connectivity index (χ3v) is 12.6. The van der Waals surface area contributed by atoms with E-state index in [1.165, 1.54) is 12.1 Å². The minimum Gasteiger partial charge on any atom is -0.299 e. The average molecular weight is 498 g/mol. The summed E-state index contributed by atoms with van der Waals surface area (Å²) in [5, 5.41) is 4.99. The standard InChI is InChI=1S/C25H34F3N3O2S/c1-14(2)31-20(10-18(29-31)15-3-5-16(6-4-15)25(26,27)28)24-17-9-19(22(24)21(17)24)30-8-7-23(11-30)12-34(32,33)13-23/h10,14-17,19,21-22H,3-9,11-13H2,1-2H3/t15?,16?,17-,19-,21-,22?,24-/m1/s1. The first-order valence-corrected chi connectivity index (χ1v) is 14.9. The molecule has 34 heavy (non-hydrogen) atoms. The SMILES string of the molecule is CC(C)n1nc(C2CCC(C(F)(F)F)CC2)cc1[C@]12C3[C@H](N4CCC5(C4)CS(=O)(=O)C5)C[C@@H]1[C@H]32. The molecule has 1 aromatic rings. The lowest BCUT2D eigenvalue weighted by atomic mass is 9.80. The van der Waals surface area contributed by atoms with Crippen LogP contribution in [0.2, 0.25) is 0 Å². The van der Waals surface area contributed by atoms with Gasteiger partial charge in [-0.25, -0.2) is 8.42 Å². The second-order valence-electron chi connectivity index (χ2n) is 12.7. The number of likely N-dealkylation sites (tertiary alicyclic amines) is 1. The van der Waals surface area contributed by atoms with Crippen LogP contribution in [0.1, 0.15) is 75.7 Å². The Kier molecular flexibility index (Phi) is 4.30. The van der Waals surface area contributed by atoms with Crippen LogP contribution in [0.4, 0.5) is 13.2 Å². The first-order chi connectivity index (χ1) is 16.0. The monoisotopic (exact) mass is 497 g/mol. The molecule has 7 fully saturated rings. The summed E-state index contributed by atoms with van der Waals surface area (Å²) in [5.41, 5.74) is 2.58. The van der Waals surface area contributed by atoms with Crippen LogP contribution in [0.5, 0.6) is 0 Å². The number of alkyl halides is 3. The maximum absolute atomic E-state index is 13.1. The van der Waals surface area contributed by atoms with E-state index in [9.17, 15) is 21.6 Å². The highest BCUT2D eigenvalue weighted by molar-refractivity contribution is 7.92. The molecule has 188 valence electrons. The Morgan fingerprint density at radius 2 is 1.82 bits per heavy atom. The fraction of sp³-hybridized carbons (Fsp3) is 0.880. The fourth-order valence-corrected chi connectivity index (χ4v) is 11.2. The molecule has 1 aromatic heterocycles. The Hall–Kier alpha value is -1.09. The Labute approximate surface area is 199 Å². The summed E-state index contributed by atoms with van der Waals surface area (Å²) in [7, 11) is -2.81. The number of hydrogen-bond acceptors (Lipinski definition) is 4. The molecule has 5 saturated carbocycles. The van der Waals surface area contributed by atoms with Gasteiger partial charge in [-0.05, 0) is 82.7 Å². The van der Waals surface area contributed by atoms with Gasteiger partial charge in [0, 0.05) is 41.1 Å². The zero-order chi connectivity index (χ0) is 23.8. The highest BCUT2D eigenvalue weighted by Crippen LogP contribution is 2.91. The van der Waals surface area contributed by atoms with E-state index in [-0.39, 0.29) is 35.6 Å². The van der Waals surface area contributed by atoms with Gasteiger partial charge in [-0.1, -0.05) is 0 Å². The molecule has 8 rings (SSSR count). The quantitative estimate of drug-likeness (QED) is 0.622. The third kappa shape index (κ3) is 2.88. The number of fused-ring (bicyclic) bond motifs is 1. The highest BCUT2D eigenvalue weighted by atomic mass is 32.2. The molecule has 5 nitrogen and oxygen atoms in total. The number of nitrogens with zero attached hydrogens (tertiary/aromatic N) is 3. The number of rotatable bonds is 4. The zero-order valence-corrected chi connectivity index (χ0v) is 20.7. The summed E-state index contributed by atoms with van der Waals surface area (Å²) in [4.78, 5) is 2.59. The van der Waals surface area contributed by atoms with Crippen molar-refractivity contribution in [2.45, 2.75) is 82.0 Å². The lowest BCUT2D eigenvalue weighted by Crippen LogP contribution is -2.50. The molecular weight excluding hydrogens is 463 g/mol. The van der Waals surface area contributed by atoms with Gasteiger partial charge in [-0.15, -0.1) is 0 Å². The van der Waals surface area contributed by atoms with E-state index >= 15 is 0 Å². The lowest BCUT2D eigenvalue weighted by molar-refractivity contribution is -0.182. The van der Waals surface area contributed by atoms with Crippen LogP contribution in [0.15, 0.2) is 6.07 Å². The van der Waals surface area contributed by atoms with Crippen LogP contribution in [0, 0.1) is 29.1 Å². The van der Waals surface area contributed by atoms with Crippen molar-refractivity contribution in [1.82, 2.24) is 14.7 Å². The normalized spacial score (nSPS) is 43.8. The average Bonchev–Trinajstić information content (AvgIpc) is 3.23. The van der Waals surface area contributed by atoms with Crippen molar-refractivity contribution in [2.24, 2.45) is 29.1 Å². The van der Waals surface area contributed by atoms with E-state index in [1.54, 1.807) is 0 Å². The van der Waals surface area contributed by atoms with Gasteiger partial charge in [0.2, 0.25) is 0 Å². The molecule has 1 spiro atoms. The van der Waals surface area contributed by atoms with Crippen molar-refractivity contribution in [2.75, 3.05) is 24.6 Å². The molecule has 3 heterocycles. The molecule has 2 bridgehead atoms. The van der Waals surface area contributed by atoms with Gasteiger partial charge in [0.25, 0.3) is 0 Å². The van der Waals surface area contributed by atoms with Crippen LogP contribution in [-0.2, 0) is 15.3 Å². The molecule has 9 heteroatoms. The maximum atomic E-state index is 13.1. The minimum absolute atomic E-state index is 0.0104. The molecule has 0 radical (unpaired) electrons. The number of hydrogen-bond donors (Lipinski definition) is 0. The van der Waals surface area contributed by atoms with E-state index in [1.807, 2.05) is 0 Å². The smallest absolute Gasteiger partial charge is 0.299 e. The maximum Gasteiger partial charge on any atom is 0.391 e. The zero-order valence-electron chi connectivity index (χ0n) is 19.9. The van der Waals surface area contributed by atoms with E-state index in [2.05, 4.69) is 29.5 Å².